The van der Waals surface area contributed by atoms with Crippen molar-refractivity contribution in [2.75, 3.05) is 19.6 Å². The maximum atomic E-state index is 12.6. The van der Waals surface area contributed by atoms with Crippen LogP contribution < -0.4 is 5.32 Å². The Morgan fingerprint density at radius 3 is 2.76 bits per heavy atom. The van der Waals surface area contributed by atoms with Gasteiger partial charge in [0.05, 0.1) is 12.0 Å². The van der Waals surface area contributed by atoms with E-state index in [0.717, 1.165) is 18.7 Å². The molecule has 0 aromatic heterocycles. The third-order valence-electron chi connectivity index (χ3n) is 3.43. The van der Waals surface area contributed by atoms with Crippen LogP contribution in [0.4, 0.5) is 13.2 Å². The molecule has 1 aliphatic rings. The molecule has 0 radical (unpaired) electrons. The quantitative estimate of drug-likeness (QED) is 0.907. The van der Waals surface area contributed by atoms with E-state index in [0.29, 0.717) is 18.7 Å². The number of piperazine rings is 1. The maximum absolute atomic E-state index is 12.6. The number of alkyl halides is 3. The number of nitrogens with zero attached hydrogens (tertiary/aromatic N) is 1. The smallest absolute Gasteiger partial charge is 0.337 e. The van der Waals surface area contributed by atoms with Crippen molar-refractivity contribution < 1.29 is 18.0 Å². The fraction of sp³-hybridized carbons (Fsp3) is 0.500. The van der Waals surface area contributed by atoms with Crippen molar-refractivity contribution in [2.24, 2.45) is 0 Å². The maximum Gasteiger partial charge on any atom is 0.416 e. The number of benzene rings is 1. The molecule has 1 heterocycles. The van der Waals surface area contributed by atoms with Crippen molar-refractivity contribution >= 4 is 18.3 Å². The zero-order valence-corrected chi connectivity index (χ0v) is 12.4. The first-order valence-electron chi connectivity index (χ1n) is 6.54. The lowest BCUT2D eigenvalue weighted by Gasteiger charge is -2.34. The van der Waals surface area contributed by atoms with Gasteiger partial charge in [0.2, 0.25) is 5.91 Å². The van der Waals surface area contributed by atoms with E-state index in [2.05, 4.69) is 5.32 Å². The van der Waals surface area contributed by atoms with Gasteiger partial charge >= 0.3 is 6.18 Å². The monoisotopic (exact) mass is 322 g/mol. The Hall–Kier alpha value is -1.27. The minimum atomic E-state index is -4.37. The fourth-order valence-electron chi connectivity index (χ4n) is 2.35. The molecule has 0 spiro atoms. The second-order valence-corrected chi connectivity index (χ2v) is 5.02. The van der Waals surface area contributed by atoms with Gasteiger partial charge in [-0.05, 0) is 18.6 Å². The van der Waals surface area contributed by atoms with E-state index in [1.165, 1.54) is 6.07 Å². The molecule has 0 bridgehead atoms. The minimum Gasteiger partial charge on any atom is -0.337 e. The molecule has 1 fully saturated rings. The van der Waals surface area contributed by atoms with Crippen LogP contribution in [0, 0.1) is 0 Å². The number of rotatable bonds is 2. The highest BCUT2D eigenvalue weighted by Crippen LogP contribution is 2.29. The molecule has 0 saturated carbocycles. The summed E-state index contributed by atoms with van der Waals surface area (Å²) in [5.41, 5.74) is -0.313. The van der Waals surface area contributed by atoms with Crippen LogP contribution in [0.1, 0.15) is 18.1 Å². The van der Waals surface area contributed by atoms with Crippen molar-refractivity contribution in [1.29, 1.82) is 0 Å². The standard InChI is InChI=1S/C14H17F3N2O.ClH/c1-10-9-18-5-6-19(10)13(20)8-11-3-2-4-12(7-11)14(15,16)17;/h2-4,7,10,18H,5-6,8-9H2,1H3;1H/t10-;/m1./s1. The van der Waals surface area contributed by atoms with Gasteiger partial charge in [-0.3, -0.25) is 4.79 Å². The van der Waals surface area contributed by atoms with Gasteiger partial charge in [0.1, 0.15) is 0 Å². The average Bonchev–Trinajstić information content (AvgIpc) is 2.38. The van der Waals surface area contributed by atoms with E-state index in [4.69, 9.17) is 0 Å². The Balaban J connectivity index is 0.00000220. The summed E-state index contributed by atoms with van der Waals surface area (Å²) < 4.78 is 37.9. The van der Waals surface area contributed by atoms with Crippen LogP contribution in [0.5, 0.6) is 0 Å². The number of hydrogen-bond acceptors (Lipinski definition) is 2. The zero-order valence-electron chi connectivity index (χ0n) is 11.6. The summed E-state index contributed by atoms with van der Waals surface area (Å²) in [7, 11) is 0. The highest BCUT2D eigenvalue weighted by Gasteiger charge is 2.30. The van der Waals surface area contributed by atoms with Crippen LogP contribution >= 0.6 is 12.4 Å². The number of nitrogens with one attached hydrogen (secondary N) is 1. The predicted molar refractivity (Wildman–Crippen MR) is 76.4 cm³/mol. The third kappa shape index (κ3) is 4.61. The largest absolute Gasteiger partial charge is 0.416 e. The second-order valence-electron chi connectivity index (χ2n) is 5.02. The van der Waals surface area contributed by atoms with Gasteiger partial charge in [0.25, 0.3) is 0 Å². The molecule has 1 atom stereocenters. The van der Waals surface area contributed by atoms with Crippen molar-refractivity contribution in [3.05, 3.63) is 35.4 Å². The number of carbonyl (C=O) groups is 1. The van der Waals surface area contributed by atoms with E-state index in [1.54, 1.807) is 11.0 Å². The Morgan fingerprint density at radius 1 is 1.43 bits per heavy atom. The highest BCUT2D eigenvalue weighted by molar-refractivity contribution is 5.85. The Bertz CT molecular complexity index is 493. The van der Waals surface area contributed by atoms with Crippen LogP contribution in [0.25, 0.3) is 0 Å². The molecular formula is C14H18ClF3N2O. The molecule has 21 heavy (non-hydrogen) atoms. The van der Waals surface area contributed by atoms with Crippen molar-refractivity contribution in [3.63, 3.8) is 0 Å². The van der Waals surface area contributed by atoms with Crippen LogP contribution in [0.15, 0.2) is 24.3 Å². The lowest BCUT2D eigenvalue weighted by atomic mass is 10.1. The van der Waals surface area contributed by atoms with E-state index < -0.39 is 11.7 Å². The fourth-order valence-corrected chi connectivity index (χ4v) is 2.35. The van der Waals surface area contributed by atoms with Gasteiger partial charge in [-0.15, -0.1) is 12.4 Å². The van der Waals surface area contributed by atoms with E-state index in [-0.39, 0.29) is 30.8 Å². The first-order valence-corrected chi connectivity index (χ1v) is 6.54. The van der Waals surface area contributed by atoms with Crippen molar-refractivity contribution in [3.8, 4) is 0 Å². The molecule has 1 aromatic carbocycles. The number of amides is 1. The summed E-state index contributed by atoms with van der Waals surface area (Å²) in [5.74, 6) is -0.127. The Morgan fingerprint density at radius 2 is 2.14 bits per heavy atom. The summed E-state index contributed by atoms with van der Waals surface area (Å²) in [6, 6.07) is 5.03. The number of carbonyl (C=O) groups excluding carboxylic acids is 1. The lowest BCUT2D eigenvalue weighted by molar-refractivity contribution is -0.138. The van der Waals surface area contributed by atoms with Crippen molar-refractivity contribution in [1.82, 2.24) is 10.2 Å². The minimum absolute atomic E-state index is 0. The van der Waals surface area contributed by atoms with Gasteiger partial charge in [0, 0.05) is 25.7 Å². The lowest BCUT2D eigenvalue weighted by Crippen LogP contribution is -2.52. The van der Waals surface area contributed by atoms with Gasteiger partial charge in [0.15, 0.2) is 0 Å². The SMILES string of the molecule is C[C@@H]1CNCCN1C(=O)Cc1cccc(C(F)(F)F)c1.Cl. The normalized spacial score (nSPS) is 19.0. The van der Waals surface area contributed by atoms with Crippen LogP contribution in [0.3, 0.4) is 0 Å². The van der Waals surface area contributed by atoms with Gasteiger partial charge in [-0.1, -0.05) is 18.2 Å². The number of halogens is 4. The molecule has 1 amide bonds. The third-order valence-corrected chi connectivity index (χ3v) is 3.43. The molecule has 0 unspecified atom stereocenters. The molecule has 1 N–H and O–H groups in total. The molecule has 2 rings (SSSR count). The molecule has 118 valence electrons. The van der Waals surface area contributed by atoms with E-state index in [9.17, 15) is 18.0 Å². The molecule has 1 aromatic rings. The summed E-state index contributed by atoms with van der Waals surface area (Å²) >= 11 is 0. The molecule has 1 aliphatic heterocycles. The van der Waals surface area contributed by atoms with Gasteiger partial charge in [-0.2, -0.15) is 13.2 Å². The summed E-state index contributed by atoms with van der Waals surface area (Å²) in [5, 5.41) is 3.17. The molecule has 3 nitrogen and oxygen atoms in total. The Labute approximate surface area is 127 Å². The van der Waals surface area contributed by atoms with Gasteiger partial charge in [-0.25, -0.2) is 0 Å². The van der Waals surface area contributed by atoms with E-state index in [1.807, 2.05) is 6.92 Å². The van der Waals surface area contributed by atoms with E-state index >= 15 is 0 Å². The molecular weight excluding hydrogens is 305 g/mol. The summed E-state index contributed by atoms with van der Waals surface area (Å²) in [6.45, 7) is 3.96. The highest BCUT2D eigenvalue weighted by atomic mass is 35.5. The zero-order chi connectivity index (χ0) is 14.8. The Kier molecular flexibility index (Phi) is 6.04. The topological polar surface area (TPSA) is 32.3 Å². The summed E-state index contributed by atoms with van der Waals surface area (Å²) in [4.78, 5) is 13.9. The van der Waals surface area contributed by atoms with Crippen LogP contribution in [-0.2, 0) is 17.4 Å². The number of hydrogen-bond donors (Lipinski definition) is 1. The first-order chi connectivity index (χ1) is 9.38. The molecule has 7 heteroatoms. The van der Waals surface area contributed by atoms with Crippen LogP contribution in [-0.4, -0.2) is 36.5 Å². The molecule has 1 saturated heterocycles. The average molecular weight is 323 g/mol. The van der Waals surface area contributed by atoms with Crippen molar-refractivity contribution in [2.45, 2.75) is 25.6 Å². The van der Waals surface area contributed by atoms with Gasteiger partial charge < -0.3 is 10.2 Å². The van der Waals surface area contributed by atoms with Crippen LogP contribution in [0.2, 0.25) is 0 Å². The first kappa shape index (κ1) is 17.8. The summed E-state index contributed by atoms with van der Waals surface area (Å²) in [6.07, 6.45) is -4.37. The molecule has 0 aliphatic carbocycles. The predicted octanol–water partition coefficient (Wildman–Crippen LogP) is 2.49. The second kappa shape index (κ2) is 7.13.